The van der Waals surface area contributed by atoms with Crippen LogP contribution in [0.4, 0.5) is 0 Å². The Kier molecular flexibility index (Phi) is 6.12. The van der Waals surface area contributed by atoms with Crippen molar-refractivity contribution in [3.63, 3.8) is 0 Å². The van der Waals surface area contributed by atoms with Crippen LogP contribution in [-0.2, 0) is 11.2 Å². The first-order chi connectivity index (χ1) is 11.0. The van der Waals surface area contributed by atoms with E-state index in [1.165, 1.54) is 0 Å². The molecule has 7 heteroatoms. The van der Waals surface area contributed by atoms with E-state index in [-0.39, 0.29) is 24.8 Å². The summed E-state index contributed by atoms with van der Waals surface area (Å²) in [4.78, 5) is 11.8. The summed E-state index contributed by atoms with van der Waals surface area (Å²) >= 11 is 6.00. The Labute approximate surface area is 139 Å². The molecule has 1 aromatic heterocycles. The summed E-state index contributed by atoms with van der Waals surface area (Å²) in [6.45, 7) is 4.02. The molecule has 0 fully saturated rings. The number of carbonyl (C=O) groups excluding carboxylic acids is 1. The molecule has 2 N–H and O–H groups in total. The number of aryl methyl sites for hydroxylation is 1. The molecule has 0 spiro atoms. The molecule has 1 aromatic carbocycles. The van der Waals surface area contributed by atoms with Crippen LogP contribution in [-0.4, -0.2) is 27.8 Å². The Balaban J connectivity index is 1.77. The van der Waals surface area contributed by atoms with E-state index in [0.29, 0.717) is 28.8 Å². The molecule has 1 atom stereocenters. The van der Waals surface area contributed by atoms with Gasteiger partial charge in [0.05, 0.1) is 6.10 Å². The van der Waals surface area contributed by atoms with Gasteiger partial charge in [0.1, 0.15) is 0 Å². The van der Waals surface area contributed by atoms with E-state index in [4.69, 9.17) is 16.0 Å². The van der Waals surface area contributed by atoms with Crippen molar-refractivity contribution in [3.8, 4) is 0 Å². The molecular formula is C16H20ClN3O3. The molecule has 0 aliphatic heterocycles. The third-order valence-corrected chi connectivity index (χ3v) is 3.64. The summed E-state index contributed by atoms with van der Waals surface area (Å²) in [6, 6.07) is 7.00. The average Bonchev–Trinajstić information content (AvgIpc) is 3.00. The van der Waals surface area contributed by atoms with Gasteiger partial charge in [-0.3, -0.25) is 4.79 Å². The van der Waals surface area contributed by atoms with E-state index in [0.717, 1.165) is 0 Å². The second-order valence-corrected chi connectivity index (χ2v) is 5.94. The minimum Gasteiger partial charge on any atom is -0.425 e. The Morgan fingerprint density at radius 1 is 1.35 bits per heavy atom. The van der Waals surface area contributed by atoms with Crippen LogP contribution < -0.4 is 5.32 Å². The molecule has 0 saturated heterocycles. The first kappa shape index (κ1) is 17.4. The lowest BCUT2D eigenvalue weighted by Crippen LogP contribution is -2.28. The Bertz CT molecular complexity index is 658. The van der Waals surface area contributed by atoms with Crippen LogP contribution >= 0.6 is 11.6 Å². The van der Waals surface area contributed by atoms with Gasteiger partial charge in [0.25, 0.3) is 0 Å². The predicted octanol–water partition coefficient (Wildman–Crippen LogP) is 2.63. The molecule has 0 radical (unpaired) electrons. The van der Waals surface area contributed by atoms with Crippen molar-refractivity contribution in [2.45, 2.75) is 38.7 Å². The number of hydrogen-bond acceptors (Lipinski definition) is 5. The summed E-state index contributed by atoms with van der Waals surface area (Å²) in [5.74, 6) is 0.973. The van der Waals surface area contributed by atoms with Gasteiger partial charge in [0.15, 0.2) is 0 Å². The highest BCUT2D eigenvalue weighted by atomic mass is 35.5. The van der Waals surface area contributed by atoms with Crippen LogP contribution in [0.1, 0.15) is 49.6 Å². The van der Waals surface area contributed by atoms with Crippen LogP contribution in [0.3, 0.4) is 0 Å². The molecule has 0 saturated carbocycles. The number of rotatable bonds is 7. The maximum atomic E-state index is 11.8. The van der Waals surface area contributed by atoms with Crippen LogP contribution in [0, 0.1) is 0 Å². The van der Waals surface area contributed by atoms with Gasteiger partial charge in [0.2, 0.25) is 17.7 Å². The molecular weight excluding hydrogens is 318 g/mol. The smallest absolute Gasteiger partial charge is 0.220 e. The topological polar surface area (TPSA) is 88.2 Å². The number of carbonyl (C=O) groups is 1. The number of aliphatic hydroxyl groups is 1. The number of hydrogen-bond donors (Lipinski definition) is 2. The van der Waals surface area contributed by atoms with Crippen molar-refractivity contribution < 1.29 is 14.3 Å². The maximum Gasteiger partial charge on any atom is 0.220 e. The van der Waals surface area contributed by atoms with E-state index in [9.17, 15) is 9.90 Å². The van der Waals surface area contributed by atoms with Crippen LogP contribution in [0.25, 0.3) is 0 Å². The Morgan fingerprint density at radius 2 is 2.09 bits per heavy atom. The number of aromatic nitrogens is 2. The number of nitrogens with one attached hydrogen (secondary N) is 1. The second-order valence-electron chi connectivity index (χ2n) is 5.53. The molecule has 23 heavy (non-hydrogen) atoms. The number of aliphatic hydroxyl groups excluding tert-OH is 1. The van der Waals surface area contributed by atoms with Gasteiger partial charge in [0, 0.05) is 35.9 Å². The van der Waals surface area contributed by atoms with Crippen molar-refractivity contribution in [2.75, 3.05) is 6.54 Å². The summed E-state index contributed by atoms with van der Waals surface area (Å²) in [5, 5.41) is 21.0. The van der Waals surface area contributed by atoms with Crippen molar-refractivity contribution in [1.29, 1.82) is 0 Å². The van der Waals surface area contributed by atoms with Gasteiger partial charge in [-0.25, -0.2) is 0 Å². The van der Waals surface area contributed by atoms with Crippen molar-refractivity contribution in [1.82, 2.24) is 15.5 Å². The monoisotopic (exact) mass is 337 g/mol. The summed E-state index contributed by atoms with van der Waals surface area (Å²) < 4.78 is 5.44. The molecule has 2 aromatic rings. The molecule has 2 rings (SSSR count). The van der Waals surface area contributed by atoms with Crippen molar-refractivity contribution >= 4 is 17.5 Å². The number of nitrogens with zero attached hydrogens (tertiary/aromatic N) is 2. The zero-order chi connectivity index (χ0) is 16.8. The molecule has 0 aliphatic rings. The Morgan fingerprint density at radius 3 is 2.74 bits per heavy atom. The lowest BCUT2D eigenvalue weighted by atomic mass is 10.1. The first-order valence-corrected chi connectivity index (χ1v) is 7.86. The fourth-order valence-electron chi connectivity index (χ4n) is 1.98. The molecule has 0 bridgehead atoms. The average molecular weight is 338 g/mol. The number of amides is 1. The number of benzene rings is 1. The Hall–Kier alpha value is -1.92. The molecule has 1 heterocycles. The van der Waals surface area contributed by atoms with Gasteiger partial charge in [-0.15, -0.1) is 10.2 Å². The fourth-order valence-corrected chi connectivity index (χ4v) is 2.24. The largest absolute Gasteiger partial charge is 0.425 e. The van der Waals surface area contributed by atoms with Crippen molar-refractivity contribution in [3.05, 3.63) is 46.6 Å². The van der Waals surface area contributed by atoms with E-state index in [2.05, 4.69) is 15.5 Å². The quantitative estimate of drug-likeness (QED) is 0.810. The standard InChI is InChI=1S/C16H20ClN3O3/c1-10(2)16-20-19-15(23-16)8-7-14(22)18-9-13(21)11-5-3-4-6-12(11)17/h3-6,10,13,21H,7-9H2,1-2H3,(H,18,22). The van der Waals surface area contributed by atoms with E-state index in [1.807, 2.05) is 13.8 Å². The second kappa shape index (κ2) is 8.08. The summed E-state index contributed by atoms with van der Waals surface area (Å²) in [6.07, 6.45) is -0.258. The highest BCUT2D eigenvalue weighted by Crippen LogP contribution is 2.21. The predicted molar refractivity (Wildman–Crippen MR) is 86.1 cm³/mol. The summed E-state index contributed by atoms with van der Waals surface area (Å²) in [5.41, 5.74) is 0.591. The SMILES string of the molecule is CC(C)c1nnc(CCC(=O)NCC(O)c2ccccc2Cl)o1. The fraction of sp³-hybridized carbons (Fsp3) is 0.438. The van der Waals surface area contributed by atoms with Crippen LogP contribution in [0.2, 0.25) is 5.02 Å². The minimum atomic E-state index is -0.844. The molecule has 6 nitrogen and oxygen atoms in total. The zero-order valence-corrected chi connectivity index (χ0v) is 13.9. The molecule has 0 aliphatic carbocycles. The summed E-state index contributed by atoms with van der Waals surface area (Å²) in [7, 11) is 0. The number of halogens is 1. The van der Waals surface area contributed by atoms with Gasteiger partial charge in [-0.2, -0.15) is 0 Å². The van der Waals surface area contributed by atoms with Gasteiger partial charge >= 0.3 is 0 Å². The van der Waals surface area contributed by atoms with Crippen LogP contribution in [0.15, 0.2) is 28.7 Å². The molecule has 124 valence electrons. The van der Waals surface area contributed by atoms with E-state index >= 15 is 0 Å². The highest BCUT2D eigenvalue weighted by molar-refractivity contribution is 6.31. The maximum absolute atomic E-state index is 11.8. The molecule has 1 unspecified atom stereocenters. The normalized spacial score (nSPS) is 12.4. The van der Waals surface area contributed by atoms with Gasteiger partial charge < -0.3 is 14.8 Å². The highest BCUT2D eigenvalue weighted by Gasteiger charge is 2.14. The van der Waals surface area contributed by atoms with Gasteiger partial charge in [-0.05, 0) is 6.07 Å². The third-order valence-electron chi connectivity index (χ3n) is 3.30. The van der Waals surface area contributed by atoms with Gasteiger partial charge in [-0.1, -0.05) is 43.6 Å². The lowest BCUT2D eigenvalue weighted by molar-refractivity contribution is -0.121. The molecule has 1 amide bonds. The van der Waals surface area contributed by atoms with Crippen molar-refractivity contribution in [2.24, 2.45) is 0 Å². The lowest BCUT2D eigenvalue weighted by Gasteiger charge is -2.13. The zero-order valence-electron chi connectivity index (χ0n) is 13.1. The van der Waals surface area contributed by atoms with Crippen LogP contribution in [0.5, 0.6) is 0 Å². The third kappa shape index (κ3) is 5.04. The van der Waals surface area contributed by atoms with E-state index in [1.54, 1.807) is 24.3 Å². The minimum absolute atomic E-state index is 0.101. The first-order valence-electron chi connectivity index (χ1n) is 7.49. The van der Waals surface area contributed by atoms with E-state index < -0.39 is 6.10 Å².